The maximum atomic E-state index is 6.02. The van der Waals surface area contributed by atoms with Crippen molar-refractivity contribution in [3.05, 3.63) is 59.7 Å². The molecule has 1 fully saturated rings. The highest BCUT2D eigenvalue weighted by Gasteiger charge is 2.22. The maximum Gasteiger partial charge on any atom is 0.296 e. The van der Waals surface area contributed by atoms with Crippen LogP contribution in [0, 0.1) is 5.92 Å². The number of aromatic nitrogens is 1. The lowest BCUT2D eigenvalue weighted by Crippen LogP contribution is -2.17. The fraction of sp³-hybridized carbons (Fsp3) is 0.458. The number of hydrogen-bond donors (Lipinski definition) is 1. The van der Waals surface area contributed by atoms with Crippen LogP contribution in [0.2, 0.25) is 0 Å². The quantitative estimate of drug-likeness (QED) is 0.509. The zero-order valence-corrected chi connectivity index (χ0v) is 16.4. The molecule has 0 radical (unpaired) electrons. The van der Waals surface area contributed by atoms with Crippen LogP contribution in [0.3, 0.4) is 0 Å². The summed E-state index contributed by atoms with van der Waals surface area (Å²) in [4.78, 5) is 4.74. The lowest BCUT2D eigenvalue weighted by atomic mass is 9.83. The van der Waals surface area contributed by atoms with Gasteiger partial charge in [-0.25, -0.2) is 0 Å². The van der Waals surface area contributed by atoms with Crippen LogP contribution in [0.4, 0.5) is 6.01 Å². The molecule has 27 heavy (non-hydrogen) atoms. The second kappa shape index (κ2) is 8.16. The van der Waals surface area contributed by atoms with E-state index in [1.54, 1.807) is 0 Å². The van der Waals surface area contributed by atoms with Gasteiger partial charge in [0.25, 0.3) is 6.01 Å². The Bertz CT molecular complexity index is 862. The van der Waals surface area contributed by atoms with Crippen LogP contribution in [0.1, 0.15) is 75.5 Å². The van der Waals surface area contributed by atoms with E-state index in [4.69, 9.17) is 9.40 Å². The van der Waals surface area contributed by atoms with E-state index in [0.29, 0.717) is 11.9 Å². The van der Waals surface area contributed by atoms with Crippen LogP contribution in [-0.4, -0.2) is 4.98 Å². The fourth-order valence-electron chi connectivity index (χ4n) is 4.23. The minimum atomic E-state index is 0.243. The first-order valence-corrected chi connectivity index (χ1v) is 10.4. The highest BCUT2D eigenvalue weighted by molar-refractivity contribution is 5.75. The molecule has 3 aromatic rings. The average molecular weight is 363 g/mol. The lowest BCUT2D eigenvalue weighted by Gasteiger charge is -2.27. The Hall–Kier alpha value is -2.29. The van der Waals surface area contributed by atoms with Gasteiger partial charge in [0, 0.05) is 0 Å². The Morgan fingerprint density at radius 2 is 1.78 bits per heavy atom. The van der Waals surface area contributed by atoms with Gasteiger partial charge in [-0.05, 0) is 41.5 Å². The van der Waals surface area contributed by atoms with Gasteiger partial charge in [0.1, 0.15) is 5.52 Å². The van der Waals surface area contributed by atoms with Gasteiger partial charge in [-0.2, -0.15) is 4.98 Å². The van der Waals surface area contributed by atoms with E-state index in [-0.39, 0.29) is 6.04 Å². The summed E-state index contributed by atoms with van der Waals surface area (Å²) < 4.78 is 6.02. The van der Waals surface area contributed by atoms with Crippen molar-refractivity contribution in [2.45, 2.75) is 64.3 Å². The number of nitrogens with one attached hydrogen (secondary N) is 1. The van der Waals surface area contributed by atoms with Crippen molar-refractivity contribution >= 4 is 17.1 Å². The summed E-state index contributed by atoms with van der Waals surface area (Å²) in [5.74, 6) is 1.28. The molecule has 4 rings (SSSR count). The fourth-order valence-corrected chi connectivity index (χ4v) is 4.23. The number of nitrogens with zero attached hydrogens (tertiary/aromatic N) is 1. The van der Waals surface area contributed by atoms with Gasteiger partial charge in [-0.15, -0.1) is 0 Å². The monoisotopic (exact) mass is 362 g/mol. The van der Waals surface area contributed by atoms with E-state index in [1.165, 1.54) is 43.2 Å². The molecule has 1 unspecified atom stereocenters. The van der Waals surface area contributed by atoms with Crippen molar-refractivity contribution in [1.82, 2.24) is 4.98 Å². The summed E-state index contributed by atoms with van der Waals surface area (Å²) in [5, 5.41) is 3.60. The van der Waals surface area contributed by atoms with Crippen molar-refractivity contribution < 1.29 is 4.42 Å². The molecule has 1 aliphatic rings. The van der Waals surface area contributed by atoms with Gasteiger partial charge >= 0.3 is 0 Å². The van der Waals surface area contributed by atoms with Gasteiger partial charge in [0.2, 0.25) is 0 Å². The second-order valence-corrected chi connectivity index (χ2v) is 8.25. The number of anilines is 1. The SMILES string of the molecule is CC(C)c1ccc2oc(NC(CC3CCCCC3)c3ccccc3)nc2c1. The van der Waals surface area contributed by atoms with Crippen LogP contribution >= 0.6 is 0 Å². The molecule has 1 atom stereocenters. The third kappa shape index (κ3) is 4.35. The zero-order chi connectivity index (χ0) is 18.6. The molecule has 0 spiro atoms. The lowest BCUT2D eigenvalue weighted by molar-refractivity contribution is 0.323. The molecular weight excluding hydrogens is 332 g/mol. The van der Waals surface area contributed by atoms with Crippen LogP contribution in [-0.2, 0) is 0 Å². The summed E-state index contributed by atoms with van der Waals surface area (Å²) in [6.45, 7) is 4.41. The minimum absolute atomic E-state index is 0.243. The van der Waals surface area contributed by atoms with Gasteiger partial charge in [0.05, 0.1) is 6.04 Å². The summed E-state index contributed by atoms with van der Waals surface area (Å²) in [7, 11) is 0. The Labute approximate surface area is 162 Å². The van der Waals surface area contributed by atoms with Crippen molar-refractivity contribution in [3.63, 3.8) is 0 Å². The standard InChI is InChI=1S/C24H30N2O/c1-17(2)20-13-14-23-22(16-20)26-24(27-23)25-21(19-11-7-4-8-12-19)15-18-9-5-3-6-10-18/h4,7-8,11-14,16-18,21H,3,5-6,9-10,15H2,1-2H3,(H,25,26). The van der Waals surface area contributed by atoms with Crippen LogP contribution in [0.5, 0.6) is 0 Å². The maximum absolute atomic E-state index is 6.02. The second-order valence-electron chi connectivity index (χ2n) is 8.25. The molecule has 1 heterocycles. The topological polar surface area (TPSA) is 38.1 Å². The molecule has 142 valence electrons. The van der Waals surface area contributed by atoms with Crippen molar-refractivity contribution in [2.75, 3.05) is 5.32 Å². The van der Waals surface area contributed by atoms with Gasteiger partial charge in [-0.1, -0.05) is 82.3 Å². The Kier molecular flexibility index (Phi) is 5.47. The molecular formula is C24H30N2O. The minimum Gasteiger partial charge on any atom is -0.424 e. The molecule has 3 heteroatoms. The highest BCUT2D eigenvalue weighted by Crippen LogP contribution is 2.34. The highest BCUT2D eigenvalue weighted by atomic mass is 16.4. The largest absolute Gasteiger partial charge is 0.424 e. The van der Waals surface area contributed by atoms with Crippen molar-refractivity contribution in [2.24, 2.45) is 5.92 Å². The normalized spacial score (nSPS) is 16.7. The summed E-state index contributed by atoms with van der Waals surface area (Å²) in [6, 6.07) is 17.9. The molecule has 2 aromatic carbocycles. The van der Waals surface area contributed by atoms with Gasteiger partial charge in [0.15, 0.2) is 5.58 Å². The van der Waals surface area contributed by atoms with Crippen molar-refractivity contribution in [3.8, 4) is 0 Å². The van der Waals surface area contributed by atoms with Crippen LogP contribution in [0.15, 0.2) is 52.9 Å². The first-order chi connectivity index (χ1) is 13.2. The molecule has 1 aromatic heterocycles. The van der Waals surface area contributed by atoms with E-state index >= 15 is 0 Å². The Balaban J connectivity index is 1.57. The van der Waals surface area contributed by atoms with Crippen LogP contribution < -0.4 is 5.32 Å². The molecule has 0 bridgehead atoms. The van der Waals surface area contributed by atoms with E-state index in [9.17, 15) is 0 Å². The summed E-state index contributed by atoms with van der Waals surface area (Å²) in [5.41, 5.74) is 4.40. The number of hydrogen-bond acceptors (Lipinski definition) is 3. The zero-order valence-electron chi connectivity index (χ0n) is 16.4. The molecule has 1 aliphatic carbocycles. The van der Waals surface area contributed by atoms with Crippen LogP contribution in [0.25, 0.3) is 11.1 Å². The van der Waals surface area contributed by atoms with E-state index in [2.05, 4.69) is 61.6 Å². The molecule has 1 N–H and O–H groups in total. The van der Waals surface area contributed by atoms with E-state index < -0.39 is 0 Å². The smallest absolute Gasteiger partial charge is 0.296 e. The number of fused-ring (bicyclic) bond motifs is 1. The van der Waals surface area contributed by atoms with E-state index in [1.807, 2.05) is 6.07 Å². The molecule has 1 saturated carbocycles. The number of rotatable bonds is 6. The molecule has 0 saturated heterocycles. The van der Waals surface area contributed by atoms with E-state index in [0.717, 1.165) is 23.4 Å². The predicted molar refractivity (Wildman–Crippen MR) is 112 cm³/mol. The molecule has 0 aliphatic heterocycles. The first-order valence-electron chi connectivity index (χ1n) is 10.4. The van der Waals surface area contributed by atoms with Gasteiger partial charge < -0.3 is 9.73 Å². The average Bonchev–Trinajstić information content (AvgIpc) is 3.10. The Morgan fingerprint density at radius 1 is 1.00 bits per heavy atom. The Morgan fingerprint density at radius 3 is 2.52 bits per heavy atom. The third-order valence-electron chi connectivity index (χ3n) is 5.87. The molecule has 3 nitrogen and oxygen atoms in total. The summed E-state index contributed by atoms with van der Waals surface area (Å²) in [6.07, 6.45) is 7.95. The summed E-state index contributed by atoms with van der Waals surface area (Å²) >= 11 is 0. The number of benzene rings is 2. The van der Waals surface area contributed by atoms with Gasteiger partial charge in [-0.3, -0.25) is 0 Å². The van der Waals surface area contributed by atoms with Crippen molar-refractivity contribution in [1.29, 1.82) is 0 Å². The predicted octanol–water partition coefficient (Wildman–Crippen LogP) is 7.07. The molecule has 0 amide bonds. The third-order valence-corrected chi connectivity index (χ3v) is 5.87. The number of oxazole rings is 1. The first kappa shape index (κ1) is 18.1.